The molecule has 1 saturated carbocycles. The first kappa shape index (κ1) is 12.9. The Labute approximate surface area is 108 Å². The van der Waals surface area contributed by atoms with Gasteiger partial charge in [0.25, 0.3) is 0 Å². The molecule has 0 aromatic carbocycles. The van der Waals surface area contributed by atoms with Gasteiger partial charge in [0, 0.05) is 29.4 Å². The zero-order chi connectivity index (χ0) is 11.9. The predicted octanol–water partition coefficient (Wildman–Crippen LogP) is 3.02. The number of hydrogen-bond donors (Lipinski definition) is 1. The molecule has 17 heavy (non-hydrogen) atoms. The summed E-state index contributed by atoms with van der Waals surface area (Å²) in [7, 11) is 0. The number of aromatic nitrogens is 1. The van der Waals surface area contributed by atoms with Crippen molar-refractivity contribution in [2.45, 2.75) is 49.8 Å². The van der Waals surface area contributed by atoms with E-state index in [1.165, 1.54) is 37.7 Å². The second-order valence-corrected chi connectivity index (χ2v) is 6.25. The van der Waals surface area contributed by atoms with E-state index in [9.17, 15) is 0 Å². The number of pyridine rings is 1. The highest BCUT2D eigenvalue weighted by Gasteiger charge is 2.15. The Morgan fingerprint density at radius 1 is 1.24 bits per heavy atom. The van der Waals surface area contributed by atoms with Crippen molar-refractivity contribution in [1.29, 1.82) is 0 Å². The molecule has 0 bridgehead atoms. The van der Waals surface area contributed by atoms with E-state index in [1.807, 2.05) is 12.4 Å². The summed E-state index contributed by atoms with van der Waals surface area (Å²) < 4.78 is 0. The highest BCUT2D eigenvalue weighted by molar-refractivity contribution is 7.99. The van der Waals surface area contributed by atoms with E-state index >= 15 is 0 Å². The number of nitrogens with zero attached hydrogens (tertiary/aromatic N) is 1. The summed E-state index contributed by atoms with van der Waals surface area (Å²) in [6.45, 7) is 0. The monoisotopic (exact) mass is 250 g/mol. The van der Waals surface area contributed by atoms with Crippen molar-refractivity contribution in [2.24, 2.45) is 5.73 Å². The van der Waals surface area contributed by atoms with E-state index in [0.29, 0.717) is 0 Å². The van der Waals surface area contributed by atoms with Crippen LogP contribution in [0.15, 0.2) is 24.5 Å². The van der Waals surface area contributed by atoms with Gasteiger partial charge in [-0.3, -0.25) is 4.98 Å². The van der Waals surface area contributed by atoms with Crippen LogP contribution in [0.4, 0.5) is 0 Å². The minimum absolute atomic E-state index is 0.282. The predicted molar refractivity (Wildman–Crippen MR) is 75.2 cm³/mol. The fraction of sp³-hybridized carbons (Fsp3) is 0.643. The summed E-state index contributed by atoms with van der Waals surface area (Å²) in [5.74, 6) is 1.09. The van der Waals surface area contributed by atoms with Gasteiger partial charge in [-0.25, -0.2) is 0 Å². The van der Waals surface area contributed by atoms with Crippen LogP contribution in [0.5, 0.6) is 0 Å². The van der Waals surface area contributed by atoms with E-state index in [1.54, 1.807) is 0 Å². The van der Waals surface area contributed by atoms with Gasteiger partial charge in [0.05, 0.1) is 0 Å². The first-order chi connectivity index (χ1) is 8.34. The summed E-state index contributed by atoms with van der Waals surface area (Å²) in [6.07, 6.45) is 11.7. The van der Waals surface area contributed by atoms with Gasteiger partial charge in [0.1, 0.15) is 0 Å². The lowest BCUT2D eigenvalue weighted by Crippen LogP contribution is -2.27. The standard InChI is InChI=1S/C14H22N2S/c15-13(10-12-6-8-16-9-7-12)11-17-14-4-2-1-3-5-14/h6-9,13-14H,1-5,10-11,15H2. The lowest BCUT2D eigenvalue weighted by Gasteiger charge is -2.22. The largest absolute Gasteiger partial charge is 0.327 e. The van der Waals surface area contributed by atoms with Crippen LogP contribution < -0.4 is 5.73 Å². The summed E-state index contributed by atoms with van der Waals surface area (Å²) in [6, 6.07) is 4.40. The summed E-state index contributed by atoms with van der Waals surface area (Å²) in [5.41, 5.74) is 7.48. The van der Waals surface area contributed by atoms with Crippen LogP contribution in [0.25, 0.3) is 0 Å². The number of rotatable bonds is 5. The molecule has 94 valence electrons. The maximum atomic E-state index is 6.18. The maximum absolute atomic E-state index is 6.18. The van der Waals surface area contributed by atoms with E-state index in [2.05, 4.69) is 28.9 Å². The highest BCUT2D eigenvalue weighted by Crippen LogP contribution is 2.28. The van der Waals surface area contributed by atoms with Gasteiger partial charge in [-0.2, -0.15) is 11.8 Å². The second-order valence-electron chi connectivity index (χ2n) is 4.91. The molecule has 2 N–H and O–H groups in total. The van der Waals surface area contributed by atoms with E-state index in [4.69, 9.17) is 5.73 Å². The average molecular weight is 250 g/mol. The van der Waals surface area contributed by atoms with Gasteiger partial charge in [-0.15, -0.1) is 0 Å². The van der Waals surface area contributed by atoms with Crippen molar-refractivity contribution in [3.05, 3.63) is 30.1 Å². The third-order valence-electron chi connectivity index (χ3n) is 3.35. The van der Waals surface area contributed by atoms with E-state index in [-0.39, 0.29) is 6.04 Å². The SMILES string of the molecule is NC(CSC1CCCCC1)Cc1ccncc1. The molecule has 1 unspecified atom stereocenters. The highest BCUT2D eigenvalue weighted by atomic mass is 32.2. The van der Waals surface area contributed by atoms with Crippen molar-refractivity contribution in [2.75, 3.05) is 5.75 Å². The second kappa shape index (κ2) is 7.02. The van der Waals surface area contributed by atoms with Gasteiger partial charge in [-0.1, -0.05) is 19.3 Å². The first-order valence-corrected chi connectivity index (χ1v) is 7.65. The number of thioether (sulfide) groups is 1. The molecule has 0 radical (unpaired) electrons. The Kier molecular flexibility index (Phi) is 5.33. The molecule has 1 fully saturated rings. The van der Waals surface area contributed by atoms with Crippen LogP contribution in [0, 0.1) is 0 Å². The summed E-state index contributed by atoms with van der Waals surface area (Å²) >= 11 is 2.08. The van der Waals surface area contributed by atoms with Gasteiger partial charge in [-0.05, 0) is 37.0 Å². The Hall–Kier alpha value is -0.540. The van der Waals surface area contributed by atoms with Crippen LogP contribution in [-0.2, 0) is 6.42 Å². The zero-order valence-electron chi connectivity index (χ0n) is 10.3. The van der Waals surface area contributed by atoms with Gasteiger partial charge in [0.15, 0.2) is 0 Å². The molecular weight excluding hydrogens is 228 g/mol. The van der Waals surface area contributed by atoms with Crippen molar-refractivity contribution in [1.82, 2.24) is 4.98 Å². The van der Waals surface area contributed by atoms with Gasteiger partial charge < -0.3 is 5.73 Å². The quantitative estimate of drug-likeness (QED) is 0.873. The summed E-state index contributed by atoms with van der Waals surface area (Å²) in [5, 5.41) is 0.868. The molecule has 1 aromatic rings. The normalized spacial score (nSPS) is 19.1. The van der Waals surface area contributed by atoms with Crippen molar-refractivity contribution >= 4 is 11.8 Å². The minimum atomic E-state index is 0.282. The molecule has 0 aliphatic heterocycles. The Morgan fingerprint density at radius 3 is 2.65 bits per heavy atom. The third-order valence-corrected chi connectivity index (χ3v) is 4.91. The molecule has 0 amide bonds. The lowest BCUT2D eigenvalue weighted by molar-refractivity contribution is 0.515. The molecule has 1 aliphatic rings. The molecule has 0 saturated heterocycles. The molecule has 3 heteroatoms. The fourth-order valence-electron chi connectivity index (χ4n) is 2.37. The smallest absolute Gasteiger partial charge is 0.0270 e. The molecule has 1 aromatic heterocycles. The number of hydrogen-bond acceptors (Lipinski definition) is 3. The van der Waals surface area contributed by atoms with Crippen LogP contribution in [0.1, 0.15) is 37.7 Å². The van der Waals surface area contributed by atoms with Crippen LogP contribution in [0.3, 0.4) is 0 Å². The first-order valence-electron chi connectivity index (χ1n) is 6.60. The van der Waals surface area contributed by atoms with E-state index < -0.39 is 0 Å². The van der Waals surface area contributed by atoms with Gasteiger partial charge in [0.2, 0.25) is 0 Å². The van der Waals surface area contributed by atoms with Crippen molar-refractivity contribution in [3.63, 3.8) is 0 Å². The topological polar surface area (TPSA) is 38.9 Å². The third kappa shape index (κ3) is 4.68. The lowest BCUT2D eigenvalue weighted by atomic mass is 10.0. The molecule has 1 atom stereocenters. The Balaban J connectivity index is 1.68. The maximum Gasteiger partial charge on any atom is 0.0270 e. The molecular formula is C14H22N2S. The minimum Gasteiger partial charge on any atom is -0.327 e. The van der Waals surface area contributed by atoms with E-state index in [0.717, 1.165) is 17.4 Å². The molecule has 1 heterocycles. The average Bonchev–Trinajstić information content (AvgIpc) is 2.39. The Bertz CT molecular complexity index is 309. The molecule has 0 spiro atoms. The van der Waals surface area contributed by atoms with Crippen LogP contribution in [0.2, 0.25) is 0 Å². The Morgan fingerprint density at radius 2 is 1.94 bits per heavy atom. The van der Waals surface area contributed by atoms with Crippen LogP contribution in [-0.4, -0.2) is 22.0 Å². The molecule has 2 nitrogen and oxygen atoms in total. The number of nitrogens with two attached hydrogens (primary N) is 1. The molecule has 1 aliphatic carbocycles. The van der Waals surface area contributed by atoms with Crippen molar-refractivity contribution < 1.29 is 0 Å². The zero-order valence-corrected chi connectivity index (χ0v) is 11.2. The van der Waals surface area contributed by atoms with Crippen molar-refractivity contribution in [3.8, 4) is 0 Å². The van der Waals surface area contributed by atoms with Gasteiger partial charge >= 0.3 is 0 Å². The fourth-order valence-corrected chi connectivity index (χ4v) is 3.68. The van der Waals surface area contributed by atoms with Crippen LogP contribution >= 0.6 is 11.8 Å². The molecule has 2 rings (SSSR count). The summed E-state index contributed by atoms with van der Waals surface area (Å²) in [4.78, 5) is 4.03.